The lowest BCUT2D eigenvalue weighted by molar-refractivity contribution is -0.157. The molecule has 13 atom stereocenters. The summed E-state index contributed by atoms with van der Waals surface area (Å²) in [7, 11) is 14.4. The van der Waals surface area contributed by atoms with Crippen LogP contribution < -0.4 is 16.0 Å². The first-order chi connectivity index (χ1) is 47.4. The third-order valence-corrected chi connectivity index (χ3v) is 22.3. The molecular weight excluding hydrogens is 1320 g/mol. The highest BCUT2D eigenvalue weighted by Gasteiger charge is 2.48. The number of rotatable bonds is 21. The number of allylic oxidation sites excluding steroid dienone is 2. The number of aliphatic hydroxyl groups is 1. The molecule has 11 amide bonds. The van der Waals surface area contributed by atoms with E-state index in [1.165, 1.54) is 95.1 Å². The normalized spacial score (nSPS) is 26.6. The predicted molar refractivity (Wildman–Crippen MR) is 404 cm³/mol. The van der Waals surface area contributed by atoms with Gasteiger partial charge in [-0.05, 0) is 140 Å². The lowest BCUT2D eigenvalue weighted by Gasteiger charge is -2.48. The quantitative estimate of drug-likeness (QED) is 0.0893. The van der Waals surface area contributed by atoms with Gasteiger partial charge in [0.1, 0.15) is 60.4 Å². The highest BCUT2D eigenvalue weighted by atomic mass is 32.2. The van der Waals surface area contributed by atoms with Crippen LogP contribution in [0.15, 0.2) is 42.5 Å². The number of amides is 11. The van der Waals surface area contributed by atoms with Gasteiger partial charge < -0.3 is 65.2 Å². The van der Waals surface area contributed by atoms with E-state index in [1.54, 1.807) is 41.8 Å². The van der Waals surface area contributed by atoms with Gasteiger partial charge in [-0.3, -0.25) is 52.7 Å². The molecule has 1 aromatic rings. The summed E-state index contributed by atoms with van der Waals surface area (Å²) in [5.41, 5.74) is 0.450. The van der Waals surface area contributed by atoms with E-state index in [-0.39, 0.29) is 74.3 Å². The minimum absolute atomic E-state index is 0.0528. The van der Waals surface area contributed by atoms with Crippen LogP contribution in [-0.2, 0) is 59.3 Å². The number of nitrogens with one attached hydrogen (secondary N) is 3. The first kappa shape index (κ1) is 89.6. The topological polar surface area (TPSA) is 273 Å². The van der Waals surface area contributed by atoms with E-state index in [0.717, 1.165) is 24.2 Å². The van der Waals surface area contributed by atoms with Gasteiger partial charge in [-0.25, -0.2) is 0 Å². The molecule has 1 saturated carbocycles. The van der Waals surface area contributed by atoms with Crippen LogP contribution in [0.25, 0.3) is 0 Å². The van der Waals surface area contributed by atoms with E-state index < -0.39 is 155 Å². The van der Waals surface area contributed by atoms with Crippen LogP contribution in [0.4, 0.5) is 0 Å². The van der Waals surface area contributed by atoms with Crippen molar-refractivity contribution in [2.45, 2.75) is 266 Å². The standard InChI is InChI=1S/C77H132N12O12S/c1-27-29-34-52(15)66(91)65-69(94)80-56(28-2)71(96)86(24)62(102-45-77(81(18)19)37-33-38-77)43-61(90)82(20)60(42-49(9)10)74(99)89(44-55-35-31-30-32-36-55)64(51(13)14)76(101)83(21)57(39-46(3)4)68(93)78-53(16)67(92)79-54(17)70(95)84(22)58(40-47(5)6)72(97)85(23)59(41-48(7)8)73(98)87(25)63(50(11)12)75(100)88(65)26/h27,29-32,35-36,46-54,56-60,62-66,91H,28,33-34,37-45H2,1-26H3,(H,78,93)(H,79,92)(H,80,94)/b29-27+/t52-,53+,54-,56+,57-,58-,59+,60+,62-,63+,64-,65?,66-/m1/s1. The minimum atomic E-state index is -1.62. The van der Waals surface area contributed by atoms with Gasteiger partial charge in [-0.2, -0.15) is 0 Å². The molecule has 1 saturated heterocycles. The van der Waals surface area contributed by atoms with Crippen LogP contribution in [0.5, 0.6) is 0 Å². The van der Waals surface area contributed by atoms with Gasteiger partial charge in [-0.1, -0.05) is 139 Å². The number of thioether (sulfide) groups is 1. The first-order valence-corrected chi connectivity index (χ1v) is 38.2. The van der Waals surface area contributed by atoms with Gasteiger partial charge in [0.25, 0.3) is 0 Å². The summed E-state index contributed by atoms with van der Waals surface area (Å²) in [6.45, 7) is 30.5. The summed E-state index contributed by atoms with van der Waals surface area (Å²) in [5.74, 6) is -8.76. The highest BCUT2D eigenvalue weighted by Crippen LogP contribution is 2.41. The van der Waals surface area contributed by atoms with Crippen molar-refractivity contribution < 1.29 is 57.8 Å². The minimum Gasteiger partial charge on any atom is -0.390 e. The second kappa shape index (κ2) is 40.6. The summed E-state index contributed by atoms with van der Waals surface area (Å²) in [4.78, 5) is 181. The Labute approximate surface area is 616 Å². The number of hydrogen-bond donors (Lipinski definition) is 4. The smallest absolute Gasteiger partial charge is 0.246 e. The number of nitrogens with zero attached hydrogens (tertiary/aromatic N) is 9. The molecule has 2 aliphatic rings. The molecule has 1 heterocycles. The van der Waals surface area contributed by atoms with Crippen LogP contribution in [0, 0.1) is 41.4 Å². The number of hydrogen-bond acceptors (Lipinski definition) is 14. The Morgan fingerprint density at radius 2 is 0.980 bits per heavy atom. The molecule has 578 valence electrons. The van der Waals surface area contributed by atoms with Crippen LogP contribution in [-0.4, -0.2) is 261 Å². The Balaban J connectivity index is 2.49. The third-order valence-electron chi connectivity index (χ3n) is 20.7. The fourth-order valence-electron chi connectivity index (χ4n) is 13.8. The van der Waals surface area contributed by atoms with Gasteiger partial charge in [0.05, 0.1) is 17.9 Å². The maximum Gasteiger partial charge on any atom is 0.246 e. The molecule has 0 spiro atoms. The highest BCUT2D eigenvalue weighted by molar-refractivity contribution is 8.00. The molecule has 25 heteroatoms. The van der Waals surface area contributed by atoms with Crippen molar-refractivity contribution in [1.82, 2.24) is 60.0 Å². The van der Waals surface area contributed by atoms with E-state index in [9.17, 15) is 19.5 Å². The summed E-state index contributed by atoms with van der Waals surface area (Å²) in [5, 5.41) is 20.0. The summed E-state index contributed by atoms with van der Waals surface area (Å²) in [6, 6.07) is -3.27. The SMILES string of the molecule is C/C=C/C[C@@H](C)[C@@H](O)C1C(=O)N[C@@H](CC)C(=O)N(C)[C@H](SCC2(N(C)C)CCC2)CC(=O)N(C)[C@@H](CC(C)C)C(=O)N(Cc2ccccc2)[C@H](C(C)C)C(=O)N(C)[C@H](CC(C)C)C(=O)N[C@@H](C)C(=O)N[C@H](C)C(=O)N(C)[C@H](CC(C)C)C(=O)N(C)[C@@H](CC(C)C)C(=O)N(C)[C@@H](C(C)C)C(=O)N1C. The maximum absolute atomic E-state index is 16.0. The largest absolute Gasteiger partial charge is 0.390 e. The molecule has 3 rings (SSSR count). The second-order valence-electron chi connectivity index (χ2n) is 31.7. The summed E-state index contributed by atoms with van der Waals surface area (Å²) < 4.78 is 0. The Kier molecular flexibility index (Phi) is 35.7. The van der Waals surface area contributed by atoms with Crippen LogP contribution in [0.3, 0.4) is 0 Å². The maximum atomic E-state index is 16.0. The fraction of sp³-hybridized carbons (Fsp3) is 0.753. The van der Waals surface area contributed by atoms with Crippen LogP contribution in [0.1, 0.15) is 187 Å². The number of carbonyl (C=O) groups excluding carboxylic acids is 11. The number of aliphatic hydroxyl groups excluding tert-OH is 1. The Morgan fingerprint density at radius 1 is 0.529 bits per heavy atom. The van der Waals surface area contributed by atoms with Crippen molar-refractivity contribution in [3.63, 3.8) is 0 Å². The van der Waals surface area contributed by atoms with Crippen molar-refractivity contribution in [2.75, 3.05) is 69.2 Å². The van der Waals surface area contributed by atoms with E-state index in [0.29, 0.717) is 17.7 Å². The molecule has 24 nitrogen and oxygen atoms in total. The molecule has 2 fully saturated rings. The zero-order valence-electron chi connectivity index (χ0n) is 66.9. The average Bonchev–Trinajstić information content (AvgIpc) is 0.810. The third kappa shape index (κ3) is 23.7. The lowest BCUT2D eigenvalue weighted by Crippen LogP contribution is -2.63. The monoisotopic (exact) mass is 1450 g/mol. The first-order valence-electron chi connectivity index (χ1n) is 37.1. The van der Waals surface area contributed by atoms with Gasteiger partial charge in [0, 0.05) is 67.2 Å². The van der Waals surface area contributed by atoms with E-state index in [4.69, 9.17) is 0 Å². The molecular formula is C77H132N12O12S. The van der Waals surface area contributed by atoms with Gasteiger partial charge in [0.2, 0.25) is 65.0 Å². The summed E-state index contributed by atoms with van der Waals surface area (Å²) >= 11 is 1.43. The van der Waals surface area contributed by atoms with Gasteiger partial charge in [-0.15, -0.1) is 11.8 Å². The number of carbonyl (C=O) groups is 11. The van der Waals surface area contributed by atoms with Crippen molar-refractivity contribution >= 4 is 76.7 Å². The van der Waals surface area contributed by atoms with Crippen LogP contribution >= 0.6 is 11.8 Å². The Hall–Kier alpha value is -6.60. The molecule has 1 aliphatic heterocycles. The second-order valence-corrected chi connectivity index (χ2v) is 32.9. The van der Waals surface area contributed by atoms with Crippen LogP contribution in [0.2, 0.25) is 0 Å². The zero-order valence-corrected chi connectivity index (χ0v) is 67.7. The van der Waals surface area contributed by atoms with Crippen molar-refractivity contribution in [2.24, 2.45) is 41.4 Å². The van der Waals surface area contributed by atoms with E-state index >= 15 is 38.4 Å². The Bertz CT molecular complexity index is 3000. The number of likely N-dealkylation sites (N-methyl/N-ethyl adjacent to an activating group) is 7. The molecule has 1 aliphatic carbocycles. The Morgan fingerprint density at radius 3 is 1.44 bits per heavy atom. The van der Waals surface area contributed by atoms with E-state index in [1.807, 2.05) is 133 Å². The predicted octanol–water partition coefficient (Wildman–Crippen LogP) is 7.12. The van der Waals surface area contributed by atoms with Crippen molar-refractivity contribution in [3.8, 4) is 0 Å². The van der Waals surface area contributed by atoms with Crippen molar-refractivity contribution in [1.29, 1.82) is 0 Å². The molecule has 102 heavy (non-hydrogen) atoms. The van der Waals surface area contributed by atoms with E-state index in [2.05, 4.69) is 20.9 Å². The summed E-state index contributed by atoms with van der Waals surface area (Å²) in [6.07, 6.45) is 5.59. The van der Waals surface area contributed by atoms with Gasteiger partial charge in [0.15, 0.2) is 0 Å². The zero-order chi connectivity index (χ0) is 77.9. The molecule has 1 aromatic carbocycles. The number of benzene rings is 1. The van der Waals surface area contributed by atoms with Gasteiger partial charge >= 0.3 is 0 Å². The molecule has 4 N–H and O–H groups in total. The molecule has 0 bridgehead atoms. The van der Waals surface area contributed by atoms with Crippen molar-refractivity contribution in [3.05, 3.63) is 48.0 Å². The average molecular weight is 1450 g/mol. The molecule has 0 aromatic heterocycles. The molecule has 0 radical (unpaired) electrons. The molecule has 1 unspecified atom stereocenters. The fourth-order valence-corrected chi connectivity index (χ4v) is 15.5. The lowest BCUT2D eigenvalue weighted by atomic mass is 9.77.